The molecule has 0 bridgehead atoms. The average molecular weight is 313 g/mol. The Kier molecular flexibility index (Phi) is 5.25. The Morgan fingerprint density at radius 1 is 0.957 bits per heavy atom. The number of anilines is 1. The lowest BCUT2D eigenvalue weighted by atomic mass is 10.1. The molecule has 0 radical (unpaired) electrons. The monoisotopic (exact) mass is 313 g/mol. The zero-order valence-electron chi connectivity index (χ0n) is 13.3. The first kappa shape index (κ1) is 16.4. The number of carbonyl (C=O) groups excluding carboxylic acids is 1. The summed E-state index contributed by atoms with van der Waals surface area (Å²) < 4.78 is 15.9. The van der Waals surface area contributed by atoms with Gasteiger partial charge in [0.15, 0.2) is 17.3 Å². The number of ether oxygens (including phenoxy) is 3. The fraction of sp³-hybridized carbons (Fsp3) is 0.167. The molecule has 2 N–H and O–H groups in total. The lowest BCUT2D eigenvalue weighted by Crippen LogP contribution is -2.00. The molecule has 120 valence electrons. The van der Waals surface area contributed by atoms with Gasteiger partial charge in [0.25, 0.3) is 0 Å². The quantitative estimate of drug-likeness (QED) is 0.504. The third kappa shape index (κ3) is 3.45. The fourth-order valence-electron chi connectivity index (χ4n) is 2.23. The predicted octanol–water partition coefficient (Wildman–Crippen LogP) is 3.19. The maximum atomic E-state index is 12.3. The van der Waals surface area contributed by atoms with Crippen molar-refractivity contribution in [2.45, 2.75) is 0 Å². The molecule has 5 nitrogen and oxygen atoms in total. The van der Waals surface area contributed by atoms with Gasteiger partial charge in [0.2, 0.25) is 5.75 Å². The van der Waals surface area contributed by atoms with Crippen molar-refractivity contribution < 1.29 is 19.0 Å². The van der Waals surface area contributed by atoms with E-state index in [1.807, 2.05) is 0 Å². The zero-order chi connectivity index (χ0) is 16.8. The molecule has 0 saturated carbocycles. The van der Waals surface area contributed by atoms with Crippen LogP contribution in [0.15, 0.2) is 42.5 Å². The van der Waals surface area contributed by atoms with E-state index in [0.717, 1.165) is 0 Å². The smallest absolute Gasteiger partial charge is 0.203 e. The summed E-state index contributed by atoms with van der Waals surface area (Å²) in [5, 5.41) is 0. The van der Waals surface area contributed by atoms with E-state index >= 15 is 0 Å². The molecule has 5 heteroatoms. The average Bonchev–Trinajstić information content (AvgIpc) is 2.58. The number of ketones is 1. The summed E-state index contributed by atoms with van der Waals surface area (Å²) in [6, 6.07) is 10.5. The molecule has 0 fully saturated rings. The normalized spacial score (nSPS) is 10.6. The van der Waals surface area contributed by atoms with Crippen molar-refractivity contribution >= 4 is 17.5 Å². The second-order valence-corrected chi connectivity index (χ2v) is 4.71. The van der Waals surface area contributed by atoms with Crippen molar-refractivity contribution in [1.29, 1.82) is 0 Å². The van der Waals surface area contributed by atoms with Gasteiger partial charge in [-0.2, -0.15) is 0 Å². The number of allylic oxidation sites excluding steroid dienone is 1. The van der Waals surface area contributed by atoms with Crippen LogP contribution in [-0.2, 0) is 0 Å². The lowest BCUT2D eigenvalue weighted by molar-refractivity contribution is 0.104. The topological polar surface area (TPSA) is 70.8 Å². The van der Waals surface area contributed by atoms with E-state index in [0.29, 0.717) is 34.1 Å². The van der Waals surface area contributed by atoms with Gasteiger partial charge in [0.1, 0.15) is 0 Å². The number of carbonyl (C=O) groups is 1. The molecular formula is C18H19NO4. The second-order valence-electron chi connectivity index (χ2n) is 4.71. The SMILES string of the molecule is COc1ccc(C=CC(=O)c2ccccc2N)c(OC)c1OC. The Labute approximate surface area is 135 Å². The van der Waals surface area contributed by atoms with Gasteiger partial charge >= 0.3 is 0 Å². The van der Waals surface area contributed by atoms with Gasteiger partial charge in [0, 0.05) is 16.8 Å². The molecule has 2 rings (SSSR count). The first-order valence-corrected chi connectivity index (χ1v) is 6.98. The first-order chi connectivity index (χ1) is 11.1. The molecule has 2 aromatic carbocycles. The van der Waals surface area contributed by atoms with Crippen molar-refractivity contribution in [2.75, 3.05) is 27.1 Å². The Hall–Kier alpha value is -2.95. The van der Waals surface area contributed by atoms with Crippen molar-refractivity contribution in [3.8, 4) is 17.2 Å². The van der Waals surface area contributed by atoms with Crippen LogP contribution in [0.4, 0.5) is 5.69 Å². The standard InChI is InChI=1S/C18H19NO4/c1-21-16-11-9-12(17(22-2)18(16)23-3)8-10-15(20)13-6-4-5-7-14(13)19/h4-11H,19H2,1-3H3. The van der Waals surface area contributed by atoms with Gasteiger partial charge in [-0.15, -0.1) is 0 Å². The number of hydrogen-bond donors (Lipinski definition) is 1. The summed E-state index contributed by atoms with van der Waals surface area (Å²) >= 11 is 0. The van der Waals surface area contributed by atoms with Crippen LogP contribution in [-0.4, -0.2) is 27.1 Å². The highest BCUT2D eigenvalue weighted by Gasteiger charge is 2.14. The van der Waals surface area contributed by atoms with E-state index < -0.39 is 0 Å². The van der Waals surface area contributed by atoms with Gasteiger partial charge < -0.3 is 19.9 Å². The van der Waals surface area contributed by atoms with Crippen LogP contribution in [0.25, 0.3) is 6.08 Å². The summed E-state index contributed by atoms with van der Waals surface area (Å²) in [4.78, 5) is 12.3. The predicted molar refractivity (Wildman–Crippen MR) is 90.3 cm³/mol. The van der Waals surface area contributed by atoms with Crippen LogP contribution < -0.4 is 19.9 Å². The molecular weight excluding hydrogens is 294 g/mol. The molecule has 0 aliphatic carbocycles. The molecule has 0 aliphatic rings. The van der Waals surface area contributed by atoms with E-state index in [4.69, 9.17) is 19.9 Å². The highest BCUT2D eigenvalue weighted by Crippen LogP contribution is 2.40. The zero-order valence-corrected chi connectivity index (χ0v) is 13.3. The number of nitrogens with two attached hydrogens (primary N) is 1. The molecule has 0 aromatic heterocycles. The molecule has 0 unspecified atom stereocenters. The van der Waals surface area contributed by atoms with Crippen LogP contribution in [0, 0.1) is 0 Å². The van der Waals surface area contributed by atoms with E-state index in [-0.39, 0.29) is 5.78 Å². The van der Waals surface area contributed by atoms with E-state index in [1.165, 1.54) is 20.3 Å². The number of rotatable bonds is 6. The summed E-state index contributed by atoms with van der Waals surface area (Å²) in [6.45, 7) is 0. The Bertz CT molecular complexity index is 738. The van der Waals surface area contributed by atoms with Gasteiger partial charge in [-0.3, -0.25) is 4.79 Å². The van der Waals surface area contributed by atoms with Crippen LogP contribution >= 0.6 is 0 Å². The number of benzene rings is 2. The maximum Gasteiger partial charge on any atom is 0.203 e. The molecule has 2 aromatic rings. The molecule has 0 atom stereocenters. The van der Waals surface area contributed by atoms with Gasteiger partial charge in [-0.05, 0) is 36.4 Å². The van der Waals surface area contributed by atoms with Crippen LogP contribution in [0.5, 0.6) is 17.2 Å². The molecule has 0 saturated heterocycles. The number of hydrogen-bond acceptors (Lipinski definition) is 5. The molecule has 0 aliphatic heterocycles. The van der Waals surface area contributed by atoms with Crippen LogP contribution in [0.3, 0.4) is 0 Å². The minimum absolute atomic E-state index is 0.181. The highest BCUT2D eigenvalue weighted by atomic mass is 16.5. The first-order valence-electron chi connectivity index (χ1n) is 6.98. The number of nitrogen functional groups attached to an aromatic ring is 1. The highest BCUT2D eigenvalue weighted by molar-refractivity contribution is 6.10. The van der Waals surface area contributed by atoms with Crippen LogP contribution in [0.1, 0.15) is 15.9 Å². The summed E-state index contributed by atoms with van der Waals surface area (Å²) in [6.07, 6.45) is 3.12. The lowest BCUT2D eigenvalue weighted by Gasteiger charge is -2.13. The van der Waals surface area contributed by atoms with E-state index in [9.17, 15) is 4.79 Å². The minimum Gasteiger partial charge on any atom is -0.493 e. The van der Waals surface area contributed by atoms with Crippen molar-refractivity contribution in [3.05, 3.63) is 53.6 Å². The Balaban J connectivity index is 2.36. The third-order valence-electron chi connectivity index (χ3n) is 3.38. The summed E-state index contributed by atoms with van der Waals surface area (Å²) in [5.41, 5.74) is 7.42. The maximum absolute atomic E-state index is 12.3. The largest absolute Gasteiger partial charge is 0.493 e. The minimum atomic E-state index is -0.181. The van der Waals surface area contributed by atoms with Gasteiger partial charge in [-0.1, -0.05) is 12.1 Å². The molecule has 0 amide bonds. The summed E-state index contributed by atoms with van der Waals surface area (Å²) in [7, 11) is 4.61. The number of para-hydroxylation sites is 1. The molecule has 0 spiro atoms. The van der Waals surface area contributed by atoms with Crippen molar-refractivity contribution in [3.63, 3.8) is 0 Å². The Morgan fingerprint density at radius 3 is 2.26 bits per heavy atom. The number of methoxy groups -OCH3 is 3. The molecule has 0 heterocycles. The van der Waals surface area contributed by atoms with E-state index in [2.05, 4.69) is 0 Å². The van der Waals surface area contributed by atoms with Crippen molar-refractivity contribution in [1.82, 2.24) is 0 Å². The fourth-order valence-corrected chi connectivity index (χ4v) is 2.23. The third-order valence-corrected chi connectivity index (χ3v) is 3.38. The second kappa shape index (κ2) is 7.35. The van der Waals surface area contributed by atoms with Crippen LogP contribution in [0.2, 0.25) is 0 Å². The van der Waals surface area contributed by atoms with Crippen molar-refractivity contribution in [2.24, 2.45) is 0 Å². The Morgan fingerprint density at radius 2 is 1.65 bits per heavy atom. The van der Waals surface area contributed by atoms with E-state index in [1.54, 1.807) is 49.6 Å². The summed E-state index contributed by atoms with van der Waals surface area (Å²) in [5.74, 6) is 1.35. The van der Waals surface area contributed by atoms with Gasteiger partial charge in [0.05, 0.1) is 21.3 Å². The molecule has 23 heavy (non-hydrogen) atoms. The van der Waals surface area contributed by atoms with Gasteiger partial charge in [-0.25, -0.2) is 0 Å².